The number of carboxylic acids is 1. The van der Waals surface area contributed by atoms with Crippen molar-refractivity contribution in [1.29, 1.82) is 0 Å². The van der Waals surface area contributed by atoms with E-state index in [0.717, 1.165) is 16.6 Å². The fourth-order valence-corrected chi connectivity index (χ4v) is 1.74. The van der Waals surface area contributed by atoms with E-state index in [-0.39, 0.29) is 6.42 Å². The summed E-state index contributed by atoms with van der Waals surface area (Å²) >= 11 is 0. The molecule has 0 amide bonds. The minimum atomic E-state index is -1.00. The van der Waals surface area contributed by atoms with Crippen LogP contribution in [0.4, 0.5) is 0 Å². The van der Waals surface area contributed by atoms with Gasteiger partial charge in [-0.3, -0.25) is 9.48 Å². The minimum absolute atomic E-state index is 0.247. The Bertz CT molecular complexity index is 533. The number of nitrogens with zero attached hydrogens (tertiary/aromatic N) is 2. The van der Waals surface area contributed by atoms with Crippen molar-refractivity contribution < 1.29 is 9.90 Å². The largest absolute Gasteiger partial charge is 0.480 e. The number of rotatable bonds is 3. The van der Waals surface area contributed by atoms with Gasteiger partial charge in [-0.2, -0.15) is 5.10 Å². The summed E-state index contributed by atoms with van der Waals surface area (Å²) in [5.74, 6) is -1.00. The smallest absolute Gasteiger partial charge is 0.320 e. The summed E-state index contributed by atoms with van der Waals surface area (Å²) in [5.41, 5.74) is 7.21. The highest BCUT2D eigenvalue weighted by Crippen LogP contribution is 2.18. The van der Waals surface area contributed by atoms with Gasteiger partial charge in [0.15, 0.2) is 0 Å². The first kappa shape index (κ1) is 10.6. The third kappa shape index (κ3) is 1.77. The van der Waals surface area contributed by atoms with Crippen LogP contribution in [0.2, 0.25) is 0 Å². The average molecular weight is 219 g/mol. The molecule has 1 aromatic heterocycles. The summed E-state index contributed by atoms with van der Waals surface area (Å²) in [7, 11) is 1.83. The molecule has 0 unspecified atom stereocenters. The monoisotopic (exact) mass is 219 g/mol. The molecule has 0 radical (unpaired) electrons. The van der Waals surface area contributed by atoms with E-state index in [2.05, 4.69) is 5.10 Å². The van der Waals surface area contributed by atoms with Crippen molar-refractivity contribution in [2.24, 2.45) is 12.8 Å². The Hall–Kier alpha value is -1.88. The Labute approximate surface area is 92.5 Å². The number of carboxylic acid groups (broad SMARTS) is 1. The Balaban J connectivity index is 2.42. The van der Waals surface area contributed by atoms with E-state index in [4.69, 9.17) is 10.8 Å². The van der Waals surface area contributed by atoms with Crippen molar-refractivity contribution in [1.82, 2.24) is 9.78 Å². The summed E-state index contributed by atoms with van der Waals surface area (Å²) in [6, 6.07) is 6.79. The molecule has 0 aliphatic carbocycles. The molecular formula is C11H13N3O2. The van der Waals surface area contributed by atoms with Gasteiger partial charge >= 0.3 is 5.97 Å². The third-order valence-electron chi connectivity index (χ3n) is 2.56. The molecule has 84 valence electrons. The van der Waals surface area contributed by atoms with Gasteiger partial charge in [-0.25, -0.2) is 0 Å². The quantitative estimate of drug-likeness (QED) is 0.788. The SMILES string of the molecule is Cn1nc(C[C@@H](N)C(=O)O)c2ccccc21. The zero-order chi connectivity index (χ0) is 11.7. The molecule has 16 heavy (non-hydrogen) atoms. The van der Waals surface area contributed by atoms with Gasteiger partial charge in [-0.1, -0.05) is 18.2 Å². The molecule has 1 heterocycles. The van der Waals surface area contributed by atoms with Gasteiger partial charge in [0, 0.05) is 18.9 Å². The first-order valence-corrected chi connectivity index (χ1v) is 4.98. The summed E-state index contributed by atoms with van der Waals surface area (Å²) in [6.45, 7) is 0. The topological polar surface area (TPSA) is 81.1 Å². The summed E-state index contributed by atoms with van der Waals surface area (Å²) in [6.07, 6.45) is 0.247. The van der Waals surface area contributed by atoms with Gasteiger partial charge in [-0.05, 0) is 6.07 Å². The molecule has 2 aromatic rings. The van der Waals surface area contributed by atoms with Gasteiger partial charge in [0.1, 0.15) is 6.04 Å². The number of para-hydroxylation sites is 1. The molecule has 0 aliphatic rings. The van der Waals surface area contributed by atoms with E-state index < -0.39 is 12.0 Å². The molecule has 1 aromatic carbocycles. The van der Waals surface area contributed by atoms with Crippen molar-refractivity contribution in [3.8, 4) is 0 Å². The molecule has 0 spiro atoms. The molecule has 5 nitrogen and oxygen atoms in total. The Kier molecular flexibility index (Phi) is 2.62. The van der Waals surface area contributed by atoms with Gasteiger partial charge < -0.3 is 10.8 Å². The summed E-state index contributed by atoms with van der Waals surface area (Å²) in [5, 5.41) is 14.0. The lowest BCUT2D eigenvalue weighted by Crippen LogP contribution is -2.32. The fraction of sp³-hybridized carbons (Fsp3) is 0.273. The fourth-order valence-electron chi connectivity index (χ4n) is 1.74. The maximum Gasteiger partial charge on any atom is 0.320 e. The number of aliphatic carboxylic acids is 1. The number of nitrogens with two attached hydrogens (primary N) is 1. The minimum Gasteiger partial charge on any atom is -0.480 e. The Morgan fingerprint density at radius 1 is 1.56 bits per heavy atom. The predicted molar refractivity (Wildman–Crippen MR) is 60.0 cm³/mol. The van der Waals surface area contributed by atoms with Crippen molar-refractivity contribution in [3.05, 3.63) is 30.0 Å². The van der Waals surface area contributed by atoms with Gasteiger partial charge in [-0.15, -0.1) is 0 Å². The van der Waals surface area contributed by atoms with Crippen LogP contribution >= 0.6 is 0 Å². The maximum absolute atomic E-state index is 10.7. The first-order chi connectivity index (χ1) is 7.59. The molecular weight excluding hydrogens is 206 g/mol. The molecule has 0 aliphatic heterocycles. The van der Waals surface area contributed by atoms with Crippen LogP contribution in [0, 0.1) is 0 Å². The molecule has 0 saturated heterocycles. The Morgan fingerprint density at radius 2 is 2.25 bits per heavy atom. The average Bonchev–Trinajstić information content (AvgIpc) is 2.57. The molecule has 1 atom stereocenters. The highest BCUT2D eigenvalue weighted by atomic mass is 16.4. The van der Waals surface area contributed by atoms with Crippen LogP contribution < -0.4 is 5.73 Å². The normalized spacial score (nSPS) is 12.9. The van der Waals surface area contributed by atoms with E-state index >= 15 is 0 Å². The van der Waals surface area contributed by atoms with Crippen molar-refractivity contribution in [3.63, 3.8) is 0 Å². The highest BCUT2D eigenvalue weighted by molar-refractivity contribution is 5.83. The molecule has 3 N–H and O–H groups in total. The van der Waals surface area contributed by atoms with Crippen LogP contribution in [-0.2, 0) is 18.3 Å². The number of fused-ring (bicyclic) bond motifs is 1. The van der Waals surface area contributed by atoms with Gasteiger partial charge in [0.05, 0.1) is 11.2 Å². The number of aryl methyl sites for hydroxylation is 1. The van der Waals surface area contributed by atoms with E-state index in [1.54, 1.807) is 4.68 Å². The van der Waals surface area contributed by atoms with Crippen molar-refractivity contribution >= 4 is 16.9 Å². The lowest BCUT2D eigenvalue weighted by molar-refractivity contribution is -0.138. The van der Waals surface area contributed by atoms with E-state index in [9.17, 15) is 4.79 Å². The number of aromatic nitrogens is 2. The summed E-state index contributed by atoms with van der Waals surface area (Å²) in [4.78, 5) is 10.7. The lowest BCUT2D eigenvalue weighted by atomic mass is 10.1. The maximum atomic E-state index is 10.7. The van der Waals surface area contributed by atoms with Crippen LogP contribution in [0.5, 0.6) is 0 Å². The third-order valence-corrected chi connectivity index (χ3v) is 2.56. The standard InChI is InChI=1S/C11H13N3O2/c1-14-10-5-3-2-4-7(10)9(13-14)6-8(12)11(15)16/h2-5,8H,6,12H2,1H3,(H,15,16)/t8-/m1/s1. The van der Waals surface area contributed by atoms with Crippen molar-refractivity contribution in [2.45, 2.75) is 12.5 Å². The van der Waals surface area contributed by atoms with Crippen molar-refractivity contribution in [2.75, 3.05) is 0 Å². The first-order valence-electron chi connectivity index (χ1n) is 4.98. The molecule has 0 saturated carbocycles. The summed E-state index contributed by atoms with van der Waals surface area (Å²) < 4.78 is 1.74. The zero-order valence-electron chi connectivity index (χ0n) is 8.92. The Morgan fingerprint density at radius 3 is 2.94 bits per heavy atom. The predicted octanol–water partition coefficient (Wildman–Crippen LogP) is 0.528. The van der Waals surface area contributed by atoms with E-state index in [1.807, 2.05) is 31.3 Å². The van der Waals surface area contributed by atoms with E-state index in [0.29, 0.717) is 0 Å². The molecule has 5 heteroatoms. The second-order valence-electron chi connectivity index (χ2n) is 3.74. The molecule has 0 bridgehead atoms. The van der Waals surface area contributed by atoms with Gasteiger partial charge in [0.25, 0.3) is 0 Å². The number of hydrogen-bond donors (Lipinski definition) is 2. The van der Waals surface area contributed by atoms with Crippen LogP contribution in [-0.4, -0.2) is 26.9 Å². The van der Waals surface area contributed by atoms with Crippen LogP contribution in [0.15, 0.2) is 24.3 Å². The molecule has 0 fully saturated rings. The second kappa shape index (κ2) is 3.94. The second-order valence-corrected chi connectivity index (χ2v) is 3.74. The number of hydrogen-bond acceptors (Lipinski definition) is 3. The van der Waals surface area contributed by atoms with Crippen LogP contribution in [0.3, 0.4) is 0 Å². The van der Waals surface area contributed by atoms with E-state index in [1.165, 1.54) is 0 Å². The lowest BCUT2D eigenvalue weighted by Gasteiger charge is -2.03. The molecule has 2 rings (SSSR count). The highest BCUT2D eigenvalue weighted by Gasteiger charge is 2.16. The number of carbonyl (C=O) groups is 1. The number of benzene rings is 1. The van der Waals surface area contributed by atoms with Crippen LogP contribution in [0.25, 0.3) is 10.9 Å². The van der Waals surface area contributed by atoms with Crippen LogP contribution in [0.1, 0.15) is 5.69 Å². The van der Waals surface area contributed by atoms with Gasteiger partial charge in [0.2, 0.25) is 0 Å². The zero-order valence-corrected chi connectivity index (χ0v) is 8.92.